The monoisotopic (exact) mass is 366 g/mol. The van der Waals surface area contributed by atoms with Crippen LogP contribution in [0.1, 0.15) is 49.9 Å². The molecule has 2 fully saturated rings. The third-order valence-electron chi connectivity index (χ3n) is 6.00. The first kappa shape index (κ1) is 18.2. The van der Waals surface area contributed by atoms with Crippen LogP contribution in [-0.4, -0.2) is 27.5 Å². The van der Waals surface area contributed by atoms with Gasteiger partial charge >= 0.3 is 0 Å². The predicted octanol–water partition coefficient (Wildman–Crippen LogP) is 3.05. The summed E-state index contributed by atoms with van der Waals surface area (Å²) in [6, 6.07) is 11.8. The van der Waals surface area contributed by atoms with Crippen molar-refractivity contribution in [3.05, 3.63) is 54.1 Å². The Balaban J connectivity index is 1.20. The maximum atomic E-state index is 12.4. The highest BCUT2D eigenvalue weighted by atomic mass is 16.1. The average molecular weight is 367 g/mol. The number of nitrogens with zero attached hydrogens (tertiary/aromatic N) is 2. The smallest absolute Gasteiger partial charge is 0.220 e. The number of hydrogen-bond acceptors (Lipinski definition) is 3. The molecule has 2 aliphatic rings. The Labute approximate surface area is 161 Å². The zero-order chi connectivity index (χ0) is 18.5. The zero-order valence-electron chi connectivity index (χ0n) is 15.9. The number of hydrogen-bond donors (Lipinski definition) is 2. The van der Waals surface area contributed by atoms with Gasteiger partial charge in [-0.05, 0) is 50.0 Å². The molecular weight excluding hydrogens is 336 g/mol. The van der Waals surface area contributed by atoms with E-state index in [0.29, 0.717) is 31.0 Å². The molecule has 5 heteroatoms. The highest BCUT2D eigenvalue weighted by Crippen LogP contribution is 2.32. The van der Waals surface area contributed by atoms with E-state index < -0.39 is 0 Å². The number of benzene rings is 1. The first-order valence-electron chi connectivity index (χ1n) is 10.3. The van der Waals surface area contributed by atoms with Crippen molar-refractivity contribution in [3.8, 4) is 0 Å². The molecule has 0 spiro atoms. The molecule has 2 atom stereocenters. The largest absolute Gasteiger partial charge is 0.349 e. The molecule has 1 aromatic heterocycles. The molecule has 2 bridgehead atoms. The van der Waals surface area contributed by atoms with E-state index in [-0.39, 0.29) is 5.91 Å². The lowest BCUT2D eigenvalue weighted by Gasteiger charge is -2.28. The van der Waals surface area contributed by atoms with Crippen molar-refractivity contribution < 1.29 is 4.79 Å². The summed E-state index contributed by atoms with van der Waals surface area (Å²) < 4.78 is 2.16. The Hall–Kier alpha value is -2.14. The number of rotatable bonds is 8. The first-order valence-corrected chi connectivity index (χ1v) is 10.3. The number of carbonyl (C=O) groups excluding carboxylic acids is 1. The summed E-state index contributed by atoms with van der Waals surface area (Å²) in [6.45, 7) is 1.45. The van der Waals surface area contributed by atoms with Gasteiger partial charge in [0.05, 0.1) is 6.54 Å². The summed E-state index contributed by atoms with van der Waals surface area (Å²) in [5, 5.41) is 6.73. The molecule has 0 saturated carbocycles. The average Bonchev–Trinajstić information content (AvgIpc) is 3.26. The molecule has 2 aromatic rings. The van der Waals surface area contributed by atoms with Crippen LogP contribution in [0.4, 0.5) is 0 Å². The second kappa shape index (κ2) is 8.70. The standard InChI is InChI=1S/C22H30N4O/c27-22(15-18-13-19-8-9-20(14-18)25-19)24-16-21-23-10-12-26(21)11-4-7-17-5-2-1-3-6-17/h1-3,5-6,10,12,18-20,25H,4,7-9,11,13-16H2,(H,24,27). The summed E-state index contributed by atoms with van der Waals surface area (Å²) in [5.41, 5.74) is 1.36. The van der Waals surface area contributed by atoms with Crippen molar-refractivity contribution in [2.75, 3.05) is 0 Å². The normalized spacial score (nSPS) is 24.1. The Morgan fingerprint density at radius 1 is 1.19 bits per heavy atom. The fourth-order valence-electron chi connectivity index (χ4n) is 4.66. The summed E-state index contributed by atoms with van der Waals surface area (Å²) >= 11 is 0. The van der Waals surface area contributed by atoms with E-state index in [9.17, 15) is 4.79 Å². The number of aryl methyl sites for hydroxylation is 2. The Morgan fingerprint density at radius 2 is 1.96 bits per heavy atom. The van der Waals surface area contributed by atoms with E-state index in [1.807, 2.05) is 12.4 Å². The van der Waals surface area contributed by atoms with E-state index in [2.05, 4.69) is 50.5 Å². The van der Waals surface area contributed by atoms with Gasteiger partial charge in [-0.15, -0.1) is 0 Å². The van der Waals surface area contributed by atoms with Crippen LogP contribution >= 0.6 is 0 Å². The van der Waals surface area contributed by atoms with Crippen LogP contribution in [0, 0.1) is 5.92 Å². The maximum absolute atomic E-state index is 12.4. The minimum Gasteiger partial charge on any atom is -0.349 e. The van der Waals surface area contributed by atoms with Crippen LogP contribution in [0.3, 0.4) is 0 Å². The van der Waals surface area contributed by atoms with Crippen molar-refractivity contribution in [1.82, 2.24) is 20.2 Å². The lowest BCUT2D eigenvalue weighted by molar-refractivity contribution is -0.122. The molecule has 1 amide bonds. The number of piperidine rings is 1. The second-order valence-corrected chi connectivity index (χ2v) is 8.08. The predicted molar refractivity (Wildman–Crippen MR) is 106 cm³/mol. The molecule has 2 saturated heterocycles. The van der Waals surface area contributed by atoms with Crippen LogP contribution < -0.4 is 10.6 Å². The number of imidazole rings is 1. The highest BCUT2D eigenvalue weighted by molar-refractivity contribution is 5.76. The fraction of sp³-hybridized carbons (Fsp3) is 0.545. The van der Waals surface area contributed by atoms with E-state index >= 15 is 0 Å². The molecule has 2 unspecified atom stereocenters. The van der Waals surface area contributed by atoms with Crippen molar-refractivity contribution in [3.63, 3.8) is 0 Å². The van der Waals surface area contributed by atoms with E-state index in [0.717, 1.165) is 38.1 Å². The lowest BCUT2D eigenvalue weighted by Crippen LogP contribution is -2.39. The van der Waals surface area contributed by atoms with Crippen molar-refractivity contribution in [1.29, 1.82) is 0 Å². The third-order valence-corrected chi connectivity index (χ3v) is 6.00. The number of aromatic nitrogens is 2. The van der Waals surface area contributed by atoms with Gasteiger partial charge in [-0.25, -0.2) is 4.98 Å². The number of fused-ring (bicyclic) bond motifs is 2. The lowest BCUT2D eigenvalue weighted by atomic mass is 9.89. The summed E-state index contributed by atoms with van der Waals surface area (Å²) in [7, 11) is 0. The van der Waals surface area contributed by atoms with Gasteiger partial charge in [-0.1, -0.05) is 30.3 Å². The molecule has 0 radical (unpaired) electrons. The Morgan fingerprint density at radius 3 is 2.74 bits per heavy atom. The molecule has 0 aliphatic carbocycles. The molecule has 2 N–H and O–H groups in total. The van der Waals surface area contributed by atoms with Crippen LogP contribution in [0.25, 0.3) is 0 Å². The van der Waals surface area contributed by atoms with Gasteiger partial charge in [-0.2, -0.15) is 0 Å². The van der Waals surface area contributed by atoms with Crippen LogP contribution in [0.2, 0.25) is 0 Å². The van der Waals surface area contributed by atoms with E-state index in [1.54, 1.807) is 0 Å². The molecular formula is C22H30N4O. The first-order chi connectivity index (χ1) is 13.3. The quantitative estimate of drug-likeness (QED) is 0.755. The summed E-state index contributed by atoms with van der Waals surface area (Å²) in [4.78, 5) is 16.8. The summed E-state index contributed by atoms with van der Waals surface area (Å²) in [5.74, 6) is 1.65. The third kappa shape index (κ3) is 4.98. The minimum absolute atomic E-state index is 0.167. The molecule has 2 aliphatic heterocycles. The fourth-order valence-corrected chi connectivity index (χ4v) is 4.66. The Kier molecular flexibility index (Phi) is 5.87. The maximum Gasteiger partial charge on any atom is 0.220 e. The van der Waals surface area contributed by atoms with E-state index in [4.69, 9.17) is 0 Å². The molecule has 3 heterocycles. The summed E-state index contributed by atoms with van der Waals surface area (Å²) in [6.07, 6.45) is 11.5. The number of nitrogens with one attached hydrogen (secondary N) is 2. The van der Waals surface area contributed by atoms with Gasteiger partial charge in [0.25, 0.3) is 0 Å². The van der Waals surface area contributed by atoms with Gasteiger partial charge in [0.1, 0.15) is 5.82 Å². The van der Waals surface area contributed by atoms with Crippen molar-refractivity contribution in [2.45, 2.75) is 70.1 Å². The molecule has 1 aromatic carbocycles. The van der Waals surface area contributed by atoms with Crippen LogP contribution in [0.5, 0.6) is 0 Å². The van der Waals surface area contributed by atoms with Gasteiger partial charge in [0.2, 0.25) is 5.91 Å². The number of amides is 1. The molecule has 4 rings (SSSR count). The van der Waals surface area contributed by atoms with Gasteiger partial charge < -0.3 is 15.2 Å². The zero-order valence-corrected chi connectivity index (χ0v) is 15.9. The molecule has 5 nitrogen and oxygen atoms in total. The topological polar surface area (TPSA) is 59.0 Å². The molecule has 144 valence electrons. The number of carbonyl (C=O) groups is 1. The van der Waals surface area contributed by atoms with Crippen molar-refractivity contribution >= 4 is 5.91 Å². The van der Waals surface area contributed by atoms with E-state index in [1.165, 1.54) is 18.4 Å². The SMILES string of the molecule is O=C(CC1CC2CCC(C1)N2)NCc1nccn1CCCc1ccccc1. The van der Waals surface area contributed by atoms with Crippen LogP contribution in [0.15, 0.2) is 42.7 Å². The van der Waals surface area contributed by atoms with Crippen molar-refractivity contribution in [2.24, 2.45) is 5.92 Å². The van der Waals surface area contributed by atoms with Gasteiger partial charge in [0, 0.05) is 37.4 Å². The highest BCUT2D eigenvalue weighted by Gasteiger charge is 2.34. The van der Waals surface area contributed by atoms with Gasteiger partial charge in [-0.3, -0.25) is 4.79 Å². The van der Waals surface area contributed by atoms with Gasteiger partial charge in [0.15, 0.2) is 0 Å². The van der Waals surface area contributed by atoms with Crippen LogP contribution in [-0.2, 0) is 24.3 Å². The minimum atomic E-state index is 0.167. The Bertz CT molecular complexity index is 730. The second-order valence-electron chi connectivity index (χ2n) is 8.08. The molecule has 27 heavy (non-hydrogen) atoms.